The van der Waals surface area contributed by atoms with Crippen LogP contribution in [-0.4, -0.2) is 30.0 Å². The second-order valence-corrected chi connectivity index (χ2v) is 5.83. The van der Waals surface area contributed by atoms with Crippen molar-refractivity contribution in [1.29, 1.82) is 0 Å². The van der Waals surface area contributed by atoms with Gasteiger partial charge in [-0.25, -0.2) is 4.79 Å². The predicted molar refractivity (Wildman–Crippen MR) is 98.0 cm³/mol. The molecule has 1 aromatic heterocycles. The molecule has 1 heterocycles. The molecule has 6 heteroatoms. The Hall–Kier alpha value is -3.41. The largest absolute Gasteiger partial charge is 0.467 e. The molecule has 2 N–H and O–H groups in total. The molecule has 2 aromatic carbocycles. The van der Waals surface area contributed by atoms with Crippen molar-refractivity contribution in [3.8, 4) is 0 Å². The number of rotatable bonds is 5. The molecule has 0 bridgehead atoms. The lowest BCUT2D eigenvalue weighted by atomic mass is 10.0. The average Bonchev–Trinajstić information content (AvgIpc) is 2.66. The highest BCUT2D eigenvalue weighted by Crippen LogP contribution is 2.15. The summed E-state index contributed by atoms with van der Waals surface area (Å²) in [4.78, 5) is 39.4. The molecule has 1 atom stereocenters. The first-order chi connectivity index (χ1) is 12.6. The van der Waals surface area contributed by atoms with Gasteiger partial charge in [-0.05, 0) is 11.6 Å². The van der Waals surface area contributed by atoms with E-state index in [1.165, 1.54) is 13.2 Å². The number of methoxy groups -OCH3 is 1. The molecule has 0 aliphatic carbocycles. The number of ether oxygens (including phenoxy) is 1. The van der Waals surface area contributed by atoms with Gasteiger partial charge >= 0.3 is 5.97 Å². The summed E-state index contributed by atoms with van der Waals surface area (Å²) < 4.78 is 4.81. The predicted octanol–water partition coefficient (Wildman–Crippen LogP) is 2.04. The number of nitrogens with one attached hydrogen (secondary N) is 2. The number of H-pyrrole nitrogens is 1. The first-order valence-corrected chi connectivity index (χ1v) is 8.13. The first kappa shape index (κ1) is 17.4. The summed E-state index contributed by atoms with van der Waals surface area (Å²) in [6.45, 7) is 0. The Morgan fingerprint density at radius 1 is 1.08 bits per heavy atom. The molecule has 1 amide bonds. The van der Waals surface area contributed by atoms with Crippen molar-refractivity contribution in [2.75, 3.05) is 7.11 Å². The van der Waals surface area contributed by atoms with Crippen LogP contribution in [0.1, 0.15) is 15.9 Å². The highest BCUT2D eigenvalue weighted by molar-refractivity contribution is 6.07. The van der Waals surface area contributed by atoms with E-state index in [1.807, 2.05) is 30.3 Å². The molecule has 3 aromatic rings. The number of carbonyl (C=O) groups excluding carboxylic acids is 2. The minimum atomic E-state index is -0.854. The zero-order valence-corrected chi connectivity index (χ0v) is 14.2. The van der Waals surface area contributed by atoms with Crippen LogP contribution >= 0.6 is 0 Å². The summed E-state index contributed by atoms with van der Waals surface area (Å²) in [7, 11) is 1.27. The topological polar surface area (TPSA) is 88.3 Å². The molecule has 0 saturated heterocycles. The lowest BCUT2D eigenvalue weighted by Crippen LogP contribution is -2.43. The molecule has 0 aliphatic rings. The van der Waals surface area contributed by atoms with E-state index in [-0.39, 0.29) is 11.1 Å². The molecule has 0 saturated carbocycles. The van der Waals surface area contributed by atoms with Crippen molar-refractivity contribution in [1.82, 2.24) is 10.3 Å². The van der Waals surface area contributed by atoms with Gasteiger partial charge in [-0.1, -0.05) is 48.5 Å². The second-order valence-electron chi connectivity index (χ2n) is 5.83. The van der Waals surface area contributed by atoms with Crippen molar-refractivity contribution < 1.29 is 14.3 Å². The van der Waals surface area contributed by atoms with Crippen molar-refractivity contribution in [3.63, 3.8) is 0 Å². The highest BCUT2D eigenvalue weighted by atomic mass is 16.5. The highest BCUT2D eigenvalue weighted by Gasteiger charge is 2.23. The Balaban J connectivity index is 1.91. The minimum absolute atomic E-state index is 0.214. The van der Waals surface area contributed by atoms with Crippen LogP contribution in [0.3, 0.4) is 0 Å². The van der Waals surface area contributed by atoms with Crippen LogP contribution in [0.4, 0.5) is 0 Å². The Morgan fingerprint density at radius 3 is 2.50 bits per heavy atom. The SMILES string of the molecule is COC(=O)[C@H](Cc1ccccc1)NC(=O)c1cc(=O)[nH]c2ccccc12. The Morgan fingerprint density at radius 2 is 1.77 bits per heavy atom. The van der Waals surface area contributed by atoms with E-state index in [0.717, 1.165) is 5.56 Å². The van der Waals surface area contributed by atoms with Gasteiger partial charge in [-0.2, -0.15) is 0 Å². The van der Waals surface area contributed by atoms with Gasteiger partial charge in [0.05, 0.1) is 12.7 Å². The van der Waals surface area contributed by atoms with Crippen molar-refractivity contribution in [2.24, 2.45) is 0 Å². The molecule has 0 fully saturated rings. The van der Waals surface area contributed by atoms with E-state index in [9.17, 15) is 14.4 Å². The molecule has 0 radical (unpaired) electrons. The maximum absolute atomic E-state index is 12.8. The van der Waals surface area contributed by atoms with Gasteiger partial charge in [0.15, 0.2) is 0 Å². The molecule has 26 heavy (non-hydrogen) atoms. The van der Waals surface area contributed by atoms with E-state index < -0.39 is 17.9 Å². The third-order valence-corrected chi connectivity index (χ3v) is 4.07. The average molecular weight is 350 g/mol. The maximum Gasteiger partial charge on any atom is 0.328 e. The van der Waals surface area contributed by atoms with Gasteiger partial charge in [0.25, 0.3) is 5.91 Å². The summed E-state index contributed by atoms with van der Waals surface area (Å²) in [6, 6.07) is 16.7. The fourth-order valence-electron chi connectivity index (χ4n) is 2.81. The molecular formula is C20H18N2O4. The number of hydrogen-bond acceptors (Lipinski definition) is 4. The fourth-order valence-corrected chi connectivity index (χ4v) is 2.81. The summed E-state index contributed by atoms with van der Waals surface area (Å²) in [5, 5.41) is 3.29. The molecule has 3 rings (SSSR count). The first-order valence-electron chi connectivity index (χ1n) is 8.13. The van der Waals surface area contributed by atoms with Crippen LogP contribution in [0.5, 0.6) is 0 Å². The Bertz CT molecular complexity index is 995. The Kier molecular flexibility index (Phi) is 5.12. The number of para-hydroxylation sites is 1. The smallest absolute Gasteiger partial charge is 0.328 e. The fraction of sp³-hybridized carbons (Fsp3) is 0.150. The normalized spacial score (nSPS) is 11.7. The second kappa shape index (κ2) is 7.65. The molecule has 132 valence electrons. The lowest BCUT2D eigenvalue weighted by Gasteiger charge is -2.17. The third kappa shape index (κ3) is 3.80. The standard InChI is InChI=1S/C20H18N2O4/c1-26-20(25)17(11-13-7-3-2-4-8-13)22-19(24)15-12-18(23)21-16-10-6-5-9-14(15)16/h2-10,12,17H,11H2,1H3,(H,21,23)(H,22,24)/t17-/m0/s1. The van der Waals surface area contributed by atoms with E-state index in [2.05, 4.69) is 10.3 Å². The number of amides is 1. The number of hydrogen-bond donors (Lipinski definition) is 2. The van der Waals surface area contributed by atoms with Crippen LogP contribution in [0.15, 0.2) is 65.5 Å². The van der Waals surface area contributed by atoms with Crippen LogP contribution in [0.25, 0.3) is 10.9 Å². The van der Waals surface area contributed by atoms with E-state index >= 15 is 0 Å². The number of aromatic amines is 1. The number of benzene rings is 2. The van der Waals surface area contributed by atoms with Gasteiger partial charge in [-0.15, -0.1) is 0 Å². The molecule has 0 unspecified atom stereocenters. The van der Waals surface area contributed by atoms with Gasteiger partial charge in [-0.3, -0.25) is 9.59 Å². The number of fused-ring (bicyclic) bond motifs is 1. The molecule has 6 nitrogen and oxygen atoms in total. The van der Waals surface area contributed by atoms with Crippen molar-refractivity contribution >= 4 is 22.8 Å². The zero-order chi connectivity index (χ0) is 18.5. The van der Waals surface area contributed by atoms with Gasteiger partial charge in [0, 0.05) is 23.4 Å². The van der Waals surface area contributed by atoms with E-state index in [1.54, 1.807) is 24.3 Å². The maximum atomic E-state index is 12.8. The Labute approximate surface area is 149 Å². The molecule has 0 aliphatic heterocycles. The van der Waals surface area contributed by atoms with Gasteiger partial charge in [0.2, 0.25) is 5.56 Å². The van der Waals surface area contributed by atoms with Gasteiger partial charge < -0.3 is 15.0 Å². The quantitative estimate of drug-likeness (QED) is 0.689. The number of carbonyl (C=O) groups is 2. The molecular weight excluding hydrogens is 332 g/mol. The summed E-state index contributed by atoms with van der Waals surface area (Å²) in [5.74, 6) is -1.05. The lowest BCUT2D eigenvalue weighted by molar-refractivity contribution is -0.142. The third-order valence-electron chi connectivity index (χ3n) is 4.07. The van der Waals surface area contributed by atoms with Crippen LogP contribution in [0.2, 0.25) is 0 Å². The van der Waals surface area contributed by atoms with Crippen LogP contribution in [0, 0.1) is 0 Å². The number of esters is 1. The van der Waals surface area contributed by atoms with E-state index in [0.29, 0.717) is 17.3 Å². The summed E-state index contributed by atoms with van der Waals surface area (Å²) >= 11 is 0. The van der Waals surface area contributed by atoms with Crippen LogP contribution < -0.4 is 10.9 Å². The van der Waals surface area contributed by atoms with Crippen molar-refractivity contribution in [3.05, 3.63) is 82.1 Å². The number of pyridine rings is 1. The van der Waals surface area contributed by atoms with Crippen LogP contribution in [-0.2, 0) is 16.0 Å². The monoisotopic (exact) mass is 350 g/mol. The zero-order valence-electron chi connectivity index (χ0n) is 14.2. The van der Waals surface area contributed by atoms with E-state index in [4.69, 9.17) is 4.74 Å². The van der Waals surface area contributed by atoms with Crippen molar-refractivity contribution in [2.45, 2.75) is 12.5 Å². The number of aromatic nitrogens is 1. The minimum Gasteiger partial charge on any atom is -0.467 e. The summed E-state index contributed by atoms with van der Waals surface area (Å²) in [5.41, 5.74) is 1.28. The summed E-state index contributed by atoms with van der Waals surface area (Å²) in [6.07, 6.45) is 0.292. The van der Waals surface area contributed by atoms with Gasteiger partial charge in [0.1, 0.15) is 6.04 Å². The molecule has 0 spiro atoms.